The highest BCUT2D eigenvalue weighted by atomic mass is 17.2. The van der Waals surface area contributed by atoms with Crippen molar-refractivity contribution in [1.82, 2.24) is 4.98 Å². The van der Waals surface area contributed by atoms with Gasteiger partial charge in [-0.2, -0.15) is 0 Å². The van der Waals surface area contributed by atoms with Gasteiger partial charge in [-0.05, 0) is 25.5 Å². The van der Waals surface area contributed by atoms with Gasteiger partial charge in [0.05, 0.1) is 0 Å². The van der Waals surface area contributed by atoms with Crippen LogP contribution in [0.15, 0.2) is 12.3 Å². The van der Waals surface area contributed by atoms with Gasteiger partial charge in [0.2, 0.25) is 0 Å². The molecule has 1 rings (SSSR count). The fraction of sp³-hybridized carbons (Fsp3) is 0.333. The number of hydrogen-bond donors (Lipinski definition) is 0. The molecule has 1 aromatic heterocycles. The van der Waals surface area contributed by atoms with Gasteiger partial charge in [0.1, 0.15) is 0 Å². The first kappa shape index (κ1) is 9.51. The van der Waals surface area contributed by atoms with Crippen LogP contribution in [0.25, 0.3) is 0 Å². The first-order valence-corrected chi connectivity index (χ1v) is 3.88. The van der Waals surface area contributed by atoms with E-state index in [1.165, 1.54) is 6.92 Å². The average molecular weight is 181 g/mol. The van der Waals surface area contributed by atoms with E-state index < -0.39 is 5.97 Å². The highest BCUT2D eigenvalue weighted by molar-refractivity contribution is 5.65. The van der Waals surface area contributed by atoms with Crippen molar-refractivity contribution in [3.63, 3.8) is 0 Å². The Kier molecular flexibility index (Phi) is 2.84. The molecule has 0 amide bonds. The van der Waals surface area contributed by atoms with Crippen LogP contribution in [0.1, 0.15) is 18.1 Å². The standard InChI is InChI=1S/C9H11NO3/c1-6-4-7(2)9(10-5-6)13-12-8(3)11/h4-5H,1-3H3. The van der Waals surface area contributed by atoms with Crippen LogP contribution >= 0.6 is 0 Å². The number of pyridine rings is 1. The largest absolute Gasteiger partial charge is 0.352 e. The number of hydrogen-bond acceptors (Lipinski definition) is 4. The second-order valence-corrected chi connectivity index (χ2v) is 2.79. The van der Waals surface area contributed by atoms with Crippen LogP contribution in [0.3, 0.4) is 0 Å². The predicted octanol–water partition coefficient (Wildman–Crippen LogP) is 1.56. The zero-order valence-corrected chi connectivity index (χ0v) is 7.83. The summed E-state index contributed by atoms with van der Waals surface area (Å²) in [6.07, 6.45) is 1.64. The lowest BCUT2D eigenvalue weighted by molar-refractivity contribution is -0.212. The lowest BCUT2D eigenvalue weighted by Gasteiger charge is -2.04. The van der Waals surface area contributed by atoms with Crippen molar-refractivity contribution in [1.29, 1.82) is 0 Å². The van der Waals surface area contributed by atoms with Crippen LogP contribution < -0.4 is 4.89 Å². The second-order valence-electron chi connectivity index (χ2n) is 2.79. The van der Waals surface area contributed by atoms with Crippen molar-refractivity contribution in [3.8, 4) is 5.88 Å². The SMILES string of the molecule is CC(=O)OOc1ncc(C)cc1C. The third-order valence-electron chi connectivity index (χ3n) is 1.40. The van der Waals surface area contributed by atoms with Gasteiger partial charge in [0, 0.05) is 18.7 Å². The number of rotatable bonds is 2. The molecule has 0 saturated heterocycles. The quantitative estimate of drug-likeness (QED) is 0.513. The van der Waals surface area contributed by atoms with Crippen LogP contribution in [-0.2, 0) is 9.68 Å². The van der Waals surface area contributed by atoms with Crippen LogP contribution in [0.5, 0.6) is 5.88 Å². The van der Waals surface area contributed by atoms with E-state index in [0.717, 1.165) is 11.1 Å². The molecule has 0 saturated carbocycles. The van der Waals surface area contributed by atoms with E-state index in [9.17, 15) is 4.79 Å². The fourth-order valence-corrected chi connectivity index (χ4v) is 0.888. The van der Waals surface area contributed by atoms with Gasteiger partial charge in [-0.15, -0.1) is 0 Å². The van der Waals surface area contributed by atoms with Gasteiger partial charge >= 0.3 is 5.97 Å². The van der Waals surface area contributed by atoms with Crippen LogP contribution in [0.4, 0.5) is 0 Å². The molecule has 0 atom stereocenters. The van der Waals surface area contributed by atoms with Crippen LogP contribution in [0, 0.1) is 13.8 Å². The summed E-state index contributed by atoms with van der Waals surface area (Å²) in [6.45, 7) is 5.03. The molecule has 70 valence electrons. The highest BCUT2D eigenvalue weighted by Crippen LogP contribution is 2.14. The van der Waals surface area contributed by atoms with Crippen molar-refractivity contribution < 1.29 is 14.6 Å². The number of nitrogens with zero attached hydrogens (tertiary/aromatic N) is 1. The Labute approximate surface area is 76.4 Å². The van der Waals surface area contributed by atoms with Gasteiger partial charge in [-0.1, -0.05) is 0 Å². The van der Waals surface area contributed by atoms with Crippen molar-refractivity contribution in [2.45, 2.75) is 20.8 Å². The first-order chi connectivity index (χ1) is 6.09. The minimum atomic E-state index is -0.498. The first-order valence-electron chi connectivity index (χ1n) is 3.88. The summed E-state index contributed by atoms with van der Waals surface area (Å²) in [7, 11) is 0. The maximum Gasteiger partial charge on any atom is 0.352 e. The zero-order chi connectivity index (χ0) is 9.84. The molecule has 1 heterocycles. The van der Waals surface area contributed by atoms with Gasteiger partial charge in [0.15, 0.2) is 0 Å². The second kappa shape index (κ2) is 3.89. The topological polar surface area (TPSA) is 48.4 Å². The van der Waals surface area contributed by atoms with E-state index >= 15 is 0 Å². The van der Waals surface area contributed by atoms with Crippen molar-refractivity contribution in [2.75, 3.05) is 0 Å². The third-order valence-corrected chi connectivity index (χ3v) is 1.40. The minimum absolute atomic E-state index is 0.320. The number of aryl methyl sites for hydroxylation is 2. The molecule has 0 aliphatic heterocycles. The summed E-state index contributed by atoms with van der Waals surface area (Å²) in [4.78, 5) is 23.4. The summed E-state index contributed by atoms with van der Waals surface area (Å²) < 4.78 is 0. The molecule has 0 spiro atoms. The Bertz CT molecular complexity index is 323. The van der Waals surface area contributed by atoms with E-state index in [2.05, 4.69) is 9.87 Å². The number of carbonyl (C=O) groups excluding carboxylic acids is 1. The molecule has 4 heteroatoms. The van der Waals surface area contributed by atoms with Crippen molar-refractivity contribution in [3.05, 3.63) is 23.4 Å². The Morgan fingerprint density at radius 3 is 2.69 bits per heavy atom. The fourth-order valence-electron chi connectivity index (χ4n) is 0.888. The molecule has 4 nitrogen and oxygen atoms in total. The number of aromatic nitrogens is 1. The van der Waals surface area contributed by atoms with Gasteiger partial charge in [0.25, 0.3) is 5.88 Å². The van der Waals surface area contributed by atoms with E-state index in [-0.39, 0.29) is 0 Å². The van der Waals surface area contributed by atoms with E-state index in [0.29, 0.717) is 5.88 Å². The summed E-state index contributed by atoms with van der Waals surface area (Å²) in [5, 5.41) is 0. The average Bonchev–Trinajstić information content (AvgIpc) is 2.02. The third kappa shape index (κ3) is 2.74. The lowest BCUT2D eigenvalue weighted by atomic mass is 10.2. The van der Waals surface area contributed by atoms with Crippen LogP contribution in [-0.4, -0.2) is 11.0 Å². The summed E-state index contributed by atoms with van der Waals surface area (Å²) >= 11 is 0. The molecule has 0 N–H and O–H groups in total. The smallest absolute Gasteiger partial charge is 0.266 e. The molecule has 0 bridgehead atoms. The number of carbonyl (C=O) groups is 1. The molecule has 0 aromatic carbocycles. The highest BCUT2D eigenvalue weighted by Gasteiger charge is 2.03. The zero-order valence-electron chi connectivity index (χ0n) is 7.83. The minimum Gasteiger partial charge on any atom is -0.266 e. The van der Waals surface area contributed by atoms with Crippen molar-refractivity contribution >= 4 is 5.97 Å². The normalized spacial score (nSPS) is 9.46. The molecule has 0 aliphatic carbocycles. The van der Waals surface area contributed by atoms with E-state index in [1.807, 2.05) is 19.9 Å². The molecule has 0 fully saturated rings. The summed E-state index contributed by atoms with van der Waals surface area (Å²) in [5.41, 5.74) is 1.87. The van der Waals surface area contributed by atoms with Gasteiger partial charge in [-0.25, -0.2) is 14.7 Å². The van der Waals surface area contributed by atoms with E-state index in [1.54, 1.807) is 6.20 Å². The predicted molar refractivity (Wildman–Crippen MR) is 46.1 cm³/mol. The lowest BCUT2D eigenvalue weighted by Crippen LogP contribution is -2.05. The molecule has 0 unspecified atom stereocenters. The maximum atomic E-state index is 10.4. The summed E-state index contributed by atoms with van der Waals surface area (Å²) in [5.74, 6) is -0.178. The molecular formula is C9H11NO3. The molecular weight excluding hydrogens is 170 g/mol. The molecule has 0 aliphatic rings. The molecule has 13 heavy (non-hydrogen) atoms. The Hall–Kier alpha value is -1.58. The van der Waals surface area contributed by atoms with Gasteiger partial charge in [-0.3, -0.25) is 4.89 Å². The Morgan fingerprint density at radius 1 is 1.46 bits per heavy atom. The maximum absolute atomic E-state index is 10.4. The van der Waals surface area contributed by atoms with Gasteiger partial charge < -0.3 is 0 Å². The Balaban J connectivity index is 2.72. The Morgan fingerprint density at radius 2 is 2.15 bits per heavy atom. The van der Waals surface area contributed by atoms with Crippen molar-refractivity contribution in [2.24, 2.45) is 0 Å². The van der Waals surface area contributed by atoms with Crippen LogP contribution in [0.2, 0.25) is 0 Å². The monoisotopic (exact) mass is 181 g/mol. The van der Waals surface area contributed by atoms with E-state index in [4.69, 9.17) is 4.89 Å². The molecule has 0 radical (unpaired) electrons. The molecule has 1 aromatic rings. The summed E-state index contributed by atoms with van der Waals surface area (Å²) in [6, 6.07) is 1.89.